The molecule has 2 atom stereocenters. The molecule has 0 saturated heterocycles. The van der Waals surface area contributed by atoms with E-state index in [2.05, 4.69) is 15.6 Å². The maximum atomic E-state index is 13.3. The fraction of sp³-hybridized carbons (Fsp3) is 0.419. The average Bonchev–Trinajstić information content (AvgIpc) is 2.94. The van der Waals surface area contributed by atoms with Gasteiger partial charge in [0.15, 0.2) is 0 Å². The van der Waals surface area contributed by atoms with Crippen LogP contribution < -0.4 is 10.6 Å². The van der Waals surface area contributed by atoms with Gasteiger partial charge in [-0.05, 0) is 67.6 Å². The highest BCUT2D eigenvalue weighted by Gasteiger charge is 2.30. The molecule has 0 radical (unpaired) electrons. The van der Waals surface area contributed by atoms with Crippen LogP contribution in [0.15, 0.2) is 60.8 Å². The van der Waals surface area contributed by atoms with E-state index in [4.69, 9.17) is 0 Å². The van der Waals surface area contributed by atoms with Gasteiger partial charge in [0, 0.05) is 42.7 Å². The van der Waals surface area contributed by atoms with Crippen molar-refractivity contribution in [3.8, 4) is 0 Å². The molecule has 0 saturated carbocycles. The number of benzene rings is 2. The predicted molar refractivity (Wildman–Crippen MR) is 153 cm³/mol. The van der Waals surface area contributed by atoms with Gasteiger partial charge in [-0.15, -0.1) is 0 Å². The van der Waals surface area contributed by atoms with E-state index in [9.17, 15) is 27.6 Å². The largest absolute Gasteiger partial charge is 0.416 e. The second-order valence-electron chi connectivity index (χ2n) is 10.2. The third kappa shape index (κ3) is 9.30. The number of rotatable bonds is 13. The first-order valence-corrected chi connectivity index (χ1v) is 13.9. The summed E-state index contributed by atoms with van der Waals surface area (Å²) in [4.78, 5) is 45.3. The van der Waals surface area contributed by atoms with Gasteiger partial charge < -0.3 is 15.5 Å². The van der Waals surface area contributed by atoms with Crippen molar-refractivity contribution >= 4 is 34.3 Å². The van der Waals surface area contributed by atoms with Crippen LogP contribution >= 0.6 is 0 Å². The van der Waals surface area contributed by atoms with Gasteiger partial charge >= 0.3 is 6.18 Å². The Hall–Kier alpha value is -3.95. The van der Waals surface area contributed by atoms with Crippen molar-refractivity contribution in [2.24, 2.45) is 5.92 Å². The Bertz CT molecular complexity index is 1320. The Morgan fingerprint density at radius 2 is 1.63 bits per heavy atom. The Balaban J connectivity index is 1.73. The van der Waals surface area contributed by atoms with E-state index in [1.165, 1.54) is 12.1 Å². The molecule has 0 aliphatic carbocycles. The summed E-state index contributed by atoms with van der Waals surface area (Å²) in [6.07, 6.45) is -0.739. The van der Waals surface area contributed by atoms with E-state index >= 15 is 0 Å². The number of carbonyl (C=O) groups excluding carboxylic acids is 3. The highest BCUT2D eigenvalue weighted by atomic mass is 19.4. The lowest BCUT2D eigenvalue weighted by molar-refractivity contribution is -0.137. The van der Waals surface area contributed by atoms with E-state index in [1.54, 1.807) is 42.3 Å². The van der Waals surface area contributed by atoms with Crippen molar-refractivity contribution in [2.45, 2.75) is 65.1 Å². The Morgan fingerprint density at radius 3 is 2.27 bits per heavy atom. The van der Waals surface area contributed by atoms with Gasteiger partial charge in [-0.2, -0.15) is 13.2 Å². The molecule has 3 amide bonds. The number of carbonyl (C=O) groups is 3. The van der Waals surface area contributed by atoms with Crippen LogP contribution in [0.1, 0.15) is 57.6 Å². The summed E-state index contributed by atoms with van der Waals surface area (Å²) in [5.74, 6) is -1.70. The molecular formula is C31H37F3N4O3. The maximum absolute atomic E-state index is 13.3. The molecular weight excluding hydrogens is 533 g/mol. The first-order chi connectivity index (χ1) is 19.5. The lowest BCUT2D eigenvalue weighted by atomic mass is 10.0. The second kappa shape index (κ2) is 14.6. The molecule has 3 rings (SSSR count). The molecule has 2 unspecified atom stereocenters. The maximum Gasteiger partial charge on any atom is 0.416 e. The number of amides is 3. The molecule has 0 bridgehead atoms. The van der Waals surface area contributed by atoms with Crippen molar-refractivity contribution in [1.29, 1.82) is 0 Å². The third-order valence-electron chi connectivity index (χ3n) is 6.77. The van der Waals surface area contributed by atoms with E-state index in [0.29, 0.717) is 24.3 Å². The molecule has 1 aromatic heterocycles. The number of fused-ring (bicyclic) bond motifs is 1. The van der Waals surface area contributed by atoms with Crippen LogP contribution in [0.25, 0.3) is 10.9 Å². The van der Waals surface area contributed by atoms with E-state index < -0.39 is 35.5 Å². The monoisotopic (exact) mass is 570 g/mol. The number of nitrogens with one attached hydrogen (secondary N) is 2. The van der Waals surface area contributed by atoms with Crippen molar-refractivity contribution < 1.29 is 27.6 Å². The normalized spacial score (nSPS) is 12.9. The van der Waals surface area contributed by atoms with E-state index in [0.717, 1.165) is 35.9 Å². The summed E-state index contributed by atoms with van der Waals surface area (Å²) in [7, 11) is 0. The molecule has 0 aliphatic rings. The standard InChI is InChI=1S/C31H37F3N4O3/c1-4-17-38(18-5-2)28(39)19-21(3)29(40)37-27(14-10-22-8-11-24(12-9-22)31(32,33)34)30(41)36-25-13-15-26-23(20-25)7-6-16-35-26/h6-9,11-13,15-16,20-21,27H,4-5,10,14,17-19H2,1-3H3,(H,36,41)(H,37,40). The van der Waals surface area contributed by atoms with Crippen LogP contribution in [0, 0.1) is 5.92 Å². The number of nitrogens with zero attached hydrogens (tertiary/aromatic N) is 2. The first-order valence-electron chi connectivity index (χ1n) is 13.9. The Kier molecular flexibility index (Phi) is 11.3. The second-order valence-corrected chi connectivity index (χ2v) is 10.2. The molecule has 41 heavy (non-hydrogen) atoms. The summed E-state index contributed by atoms with van der Waals surface area (Å²) in [5, 5.41) is 6.43. The summed E-state index contributed by atoms with van der Waals surface area (Å²) in [6.45, 7) is 6.83. The topological polar surface area (TPSA) is 91.4 Å². The van der Waals surface area contributed by atoms with Gasteiger partial charge in [0.1, 0.15) is 6.04 Å². The van der Waals surface area contributed by atoms with Gasteiger partial charge in [0.2, 0.25) is 17.7 Å². The van der Waals surface area contributed by atoms with E-state index in [1.807, 2.05) is 19.9 Å². The van der Waals surface area contributed by atoms with Crippen LogP contribution in [0.3, 0.4) is 0 Å². The zero-order valence-corrected chi connectivity index (χ0v) is 23.6. The number of hydrogen-bond acceptors (Lipinski definition) is 4. The molecule has 2 aromatic carbocycles. The Morgan fingerprint density at radius 1 is 0.951 bits per heavy atom. The highest BCUT2D eigenvalue weighted by Crippen LogP contribution is 2.29. The number of halogens is 3. The smallest absolute Gasteiger partial charge is 0.344 e. The fourth-order valence-corrected chi connectivity index (χ4v) is 4.52. The molecule has 3 aromatic rings. The molecule has 1 heterocycles. The van der Waals surface area contributed by atoms with Crippen molar-refractivity contribution in [3.63, 3.8) is 0 Å². The summed E-state index contributed by atoms with van der Waals surface area (Å²) in [5.41, 5.74) is 1.12. The van der Waals surface area contributed by atoms with Gasteiger partial charge in [-0.3, -0.25) is 19.4 Å². The third-order valence-corrected chi connectivity index (χ3v) is 6.77. The quantitative estimate of drug-likeness (QED) is 0.264. The van der Waals surface area contributed by atoms with Gasteiger partial charge in [-0.25, -0.2) is 0 Å². The average molecular weight is 571 g/mol. The summed E-state index contributed by atoms with van der Waals surface area (Å²) in [6, 6.07) is 12.6. The van der Waals surface area contributed by atoms with Gasteiger partial charge in [-0.1, -0.05) is 39.0 Å². The fourth-order valence-electron chi connectivity index (χ4n) is 4.52. The molecule has 7 nitrogen and oxygen atoms in total. The number of aryl methyl sites for hydroxylation is 1. The van der Waals surface area contributed by atoms with Crippen LogP contribution in [-0.2, 0) is 27.0 Å². The number of aromatic nitrogens is 1. The van der Waals surface area contributed by atoms with Crippen LogP contribution in [-0.4, -0.2) is 46.7 Å². The molecule has 10 heteroatoms. The lowest BCUT2D eigenvalue weighted by Crippen LogP contribution is -2.46. The van der Waals surface area contributed by atoms with Gasteiger partial charge in [0.25, 0.3) is 0 Å². The Labute approximate surface area is 238 Å². The van der Waals surface area contributed by atoms with Gasteiger partial charge in [0.05, 0.1) is 11.1 Å². The number of alkyl halides is 3. The minimum Gasteiger partial charge on any atom is -0.344 e. The molecule has 2 N–H and O–H groups in total. The van der Waals surface area contributed by atoms with Crippen LogP contribution in [0.2, 0.25) is 0 Å². The minimum atomic E-state index is -4.44. The molecule has 0 fully saturated rings. The highest BCUT2D eigenvalue weighted by molar-refractivity contribution is 5.99. The van der Waals surface area contributed by atoms with E-state index in [-0.39, 0.29) is 25.2 Å². The number of pyridine rings is 1. The van der Waals surface area contributed by atoms with Crippen LogP contribution in [0.5, 0.6) is 0 Å². The van der Waals surface area contributed by atoms with Crippen molar-refractivity contribution in [1.82, 2.24) is 15.2 Å². The lowest BCUT2D eigenvalue weighted by Gasteiger charge is -2.24. The molecule has 0 spiro atoms. The molecule has 220 valence electrons. The summed E-state index contributed by atoms with van der Waals surface area (Å²) < 4.78 is 38.9. The van der Waals surface area contributed by atoms with Crippen LogP contribution in [0.4, 0.5) is 18.9 Å². The number of anilines is 1. The summed E-state index contributed by atoms with van der Waals surface area (Å²) >= 11 is 0. The zero-order valence-electron chi connectivity index (χ0n) is 23.6. The number of hydrogen-bond donors (Lipinski definition) is 2. The predicted octanol–water partition coefficient (Wildman–Crippen LogP) is 5.98. The van der Waals surface area contributed by atoms with Crippen molar-refractivity contribution in [3.05, 3.63) is 71.9 Å². The SMILES string of the molecule is CCCN(CCC)C(=O)CC(C)C(=O)NC(CCc1ccc(C(F)(F)F)cc1)C(=O)Nc1ccc2ncccc2c1. The minimum absolute atomic E-state index is 0.0107. The van der Waals surface area contributed by atoms with Crippen molar-refractivity contribution in [2.75, 3.05) is 18.4 Å². The molecule has 0 aliphatic heterocycles. The first kappa shape index (κ1) is 31.6. The zero-order chi connectivity index (χ0) is 30.0.